The number of Topliss-reactive ketones (excluding diaryl/α,β-unsaturated/α-hetero) is 1. The van der Waals surface area contributed by atoms with Gasteiger partial charge in [0, 0.05) is 0 Å². The molecule has 88 valence electrons. The highest BCUT2D eigenvalue weighted by molar-refractivity contribution is 8.01. The van der Waals surface area contributed by atoms with E-state index in [1.165, 1.54) is 0 Å². The summed E-state index contributed by atoms with van der Waals surface area (Å²) in [5.74, 6) is 1.25. The summed E-state index contributed by atoms with van der Waals surface area (Å²) >= 11 is 1.58. The van der Waals surface area contributed by atoms with Crippen LogP contribution in [0, 0.1) is 5.92 Å². The maximum atomic E-state index is 12.1. The molecule has 1 aliphatic rings. The molecule has 3 nitrogen and oxygen atoms in total. The second kappa shape index (κ2) is 5.32. The van der Waals surface area contributed by atoms with E-state index in [2.05, 4.69) is 6.92 Å². The number of nitrogens with two attached hydrogens (primary N) is 2. The molecule has 3 atom stereocenters. The molecule has 1 unspecified atom stereocenters. The Labute approximate surface area is 96.3 Å². The Balaban J connectivity index is 2.65. The summed E-state index contributed by atoms with van der Waals surface area (Å²) in [6.45, 7) is 4.06. The minimum atomic E-state index is -0.707. The number of ketones is 1. The molecule has 0 aromatic rings. The second-order valence-electron chi connectivity index (χ2n) is 4.47. The molecule has 0 amide bonds. The highest BCUT2D eigenvalue weighted by atomic mass is 32.2. The van der Waals surface area contributed by atoms with Gasteiger partial charge in [0.05, 0.1) is 6.04 Å². The van der Waals surface area contributed by atoms with Crippen molar-refractivity contribution in [2.24, 2.45) is 17.4 Å². The average Bonchev–Trinajstić information content (AvgIpc) is 2.27. The molecule has 0 aromatic carbocycles. The van der Waals surface area contributed by atoms with E-state index in [9.17, 15) is 4.79 Å². The number of thioether (sulfide) groups is 1. The van der Waals surface area contributed by atoms with Gasteiger partial charge < -0.3 is 11.5 Å². The van der Waals surface area contributed by atoms with Gasteiger partial charge in [-0.15, -0.1) is 11.8 Å². The van der Waals surface area contributed by atoms with Gasteiger partial charge in [0.1, 0.15) is 4.87 Å². The molecule has 15 heavy (non-hydrogen) atoms. The molecule has 0 saturated carbocycles. The SMILES string of the molecule is CC[C@H](C)[C@H](N)C(=O)C1(N)CCCCS1. The predicted octanol–water partition coefficient (Wildman–Crippen LogP) is 1.50. The molecule has 1 rings (SSSR count). The van der Waals surface area contributed by atoms with E-state index in [0.717, 1.165) is 31.4 Å². The Morgan fingerprint density at radius 2 is 2.20 bits per heavy atom. The fraction of sp³-hybridized carbons (Fsp3) is 0.909. The quantitative estimate of drug-likeness (QED) is 0.768. The number of carbonyl (C=O) groups excluding carboxylic acids is 1. The number of rotatable bonds is 4. The van der Waals surface area contributed by atoms with E-state index in [1.807, 2.05) is 6.92 Å². The summed E-state index contributed by atoms with van der Waals surface area (Å²) in [5, 5.41) is 0. The molecule has 1 fully saturated rings. The zero-order valence-electron chi connectivity index (χ0n) is 9.66. The van der Waals surface area contributed by atoms with Gasteiger partial charge in [-0.2, -0.15) is 0 Å². The van der Waals surface area contributed by atoms with Gasteiger partial charge in [0.25, 0.3) is 0 Å². The van der Waals surface area contributed by atoms with Crippen LogP contribution in [0.25, 0.3) is 0 Å². The lowest BCUT2D eigenvalue weighted by atomic mass is 9.90. The Bertz CT molecular complexity index is 227. The minimum Gasteiger partial charge on any atom is -0.321 e. The van der Waals surface area contributed by atoms with Crippen LogP contribution in [-0.4, -0.2) is 22.4 Å². The van der Waals surface area contributed by atoms with Crippen molar-refractivity contribution in [1.82, 2.24) is 0 Å². The smallest absolute Gasteiger partial charge is 0.179 e. The van der Waals surface area contributed by atoms with E-state index in [-0.39, 0.29) is 11.7 Å². The fourth-order valence-corrected chi connectivity index (χ4v) is 3.08. The van der Waals surface area contributed by atoms with Crippen LogP contribution in [0.1, 0.15) is 39.5 Å². The Morgan fingerprint density at radius 1 is 1.53 bits per heavy atom. The van der Waals surface area contributed by atoms with Crippen molar-refractivity contribution in [1.29, 1.82) is 0 Å². The van der Waals surface area contributed by atoms with Crippen LogP contribution in [0.2, 0.25) is 0 Å². The van der Waals surface area contributed by atoms with Crippen molar-refractivity contribution >= 4 is 17.5 Å². The van der Waals surface area contributed by atoms with Crippen molar-refractivity contribution in [3.63, 3.8) is 0 Å². The summed E-state index contributed by atoms with van der Waals surface area (Å²) in [6.07, 6.45) is 3.91. The van der Waals surface area contributed by atoms with Crippen LogP contribution in [0.15, 0.2) is 0 Å². The lowest BCUT2D eigenvalue weighted by Gasteiger charge is -2.34. The standard InChI is InChI=1S/C11H22N2OS/c1-3-8(2)9(12)10(14)11(13)6-4-5-7-15-11/h8-9H,3-7,12-13H2,1-2H3/t8-,9-,11?/m0/s1. The number of hydrogen-bond donors (Lipinski definition) is 2. The molecule has 0 bridgehead atoms. The van der Waals surface area contributed by atoms with Crippen molar-refractivity contribution in [3.8, 4) is 0 Å². The number of carbonyl (C=O) groups is 1. The van der Waals surface area contributed by atoms with Crippen LogP contribution in [0.4, 0.5) is 0 Å². The first-order chi connectivity index (χ1) is 7.01. The molecule has 0 radical (unpaired) electrons. The normalized spacial score (nSPS) is 30.9. The molecule has 0 spiro atoms. The summed E-state index contributed by atoms with van der Waals surface area (Å²) < 4.78 is 0. The zero-order chi connectivity index (χ0) is 11.5. The predicted molar refractivity (Wildman–Crippen MR) is 65.7 cm³/mol. The first kappa shape index (κ1) is 13.0. The van der Waals surface area contributed by atoms with Crippen molar-refractivity contribution in [2.75, 3.05) is 5.75 Å². The summed E-state index contributed by atoms with van der Waals surface area (Å²) in [4.78, 5) is 11.4. The Morgan fingerprint density at radius 3 is 2.67 bits per heavy atom. The van der Waals surface area contributed by atoms with Gasteiger partial charge in [-0.25, -0.2) is 0 Å². The highest BCUT2D eigenvalue weighted by Crippen LogP contribution is 2.34. The van der Waals surface area contributed by atoms with Crippen LogP contribution < -0.4 is 11.5 Å². The minimum absolute atomic E-state index is 0.0431. The van der Waals surface area contributed by atoms with Crippen LogP contribution >= 0.6 is 11.8 Å². The van der Waals surface area contributed by atoms with Crippen molar-refractivity contribution in [2.45, 2.75) is 50.4 Å². The highest BCUT2D eigenvalue weighted by Gasteiger charge is 2.40. The maximum Gasteiger partial charge on any atom is 0.179 e. The summed E-state index contributed by atoms with van der Waals surface area (Å²) in [6, 6.07) is -0.398. The third-order valence-corrected chi connectivity index (χ3v) is 4.69. The molecule has 0 aromatic heterocycles. The number of hydrogen-bond acceptors (Lipinski definition) is 4. The summed E-state index contributed by atoms with van der Waals surface area (Å²) in [7, 11) is 0. The largest absolute Gasteiger partial charge is 0.321 e. The van der Waals surface area contributed by atoms with E-state index in [0.29, 0.717) is 0 Å². The average molecular weight is 230 g/mol. The van der Waals surface area contributed by atoms with Crippen LogP contribution in [-0.2, 0) is 4.79 Å². The second-order valence-corrected chi connectivity index (χ2v) is 5.90. The topological polar surface area (TPSA) is 69.1 Å². The molecule has 4 N–H and O–H groups in total. The lowest BCUT2D eigenvalue weighted by Crippen LogP contribution is -2.55. The van der Waals surface area contributed by atoms with Gasteiger partial charge in [-0.1, -0.05) is 20.3 Å². The fourth-order valence-electron chi connectivity index (χ4n) is 1.80. The monoisotopic (exact) mass is 230 g/mol. The summed E-state index contributed by atoms with van der Waals surface area (Å²) in [5.41, 5.74) is 12.1. The first-order valence-electron chi connectivity index (χ1n) is 5.74. The first-order valence-corrected chi connectivity index (χ1v) is 6.72. The van der Waals surface area contributed by atoms with Crippen LogP contribution in [0.3, 0.4) is 0 Å². The molecular formula is C11H22N2OS. The van der Waals surface area contributed by atoms with E-state index in [4.69, 9.17) is 11.5 Å². The lowest BCUT2D eigenvalue weighted by molar-refractivity contribution is -0.123. The molecule has 1 aliphatic heterocycles. The Hall–Kier alpha value is -0.0600. The molecule has 1 heterocycles. The third kappa shape index (κ3) is 2.95. The zero-order valence-corrected chi connectivity index (χ0v) is 10.5. The van der Waals surface area contributed by atoms with Gasteiger partial charge in [-0.3, -0.25) is 4.79 Å². The maximum absolute atomic E-state index is 12.1. The van der Waals surface area contributed by atoms with E-state index >= 15 is 0 Å². The van der Waals surface area contributed by atoms with Gasteiger partial charge in [0.15, 0.2) is 5.78 Å². The van der Waals surface area contributed by atoms with Gasteiger partial charge >= 0.3 is 0 Å². The van der Waals surface area contributed by atoms with Crippen LogP contribution in [0.5, 0.6) is 0 Å². The molecule has 0 aliphatic carbocycles. The molecular weight excluding hydrogens is 208 g/mol. The molecule has 4 heteroatoms. The van der Waals surface area contributed by atoms with Crippen molar-refractivity contribution in [3.05, 3.63) is 0 Å². The van der Waals surface area contributed by atoms with Crippen molar-refractivity contribution < 1.29 is 4.79 Å². The molecule has 1 saturated heterocycles. The van der Waals surface area contributed by atoms with Gasteiger partial charge in [0.2, 0.25) is 0 Å². The Kier molecular flexibility index (Phi) is 4.62. The van der Waals surface area contributed by atoms with Gasteiger partial charge in [-0.05, 0) is 30.9 Å². The van der Waals surface area contributed by atoms with E-state index in [1.54, 1.807) is 11.8 Å². The van der Waals surface area contributed by atoms with E-state index < -0.39 is 10.9 Å². The third-order valence-electron chi connectivity index (χ3n) is 3.28.